The van der Waals surface area contributed by atoms with Crippen LogP contribution >= 0.6 is 0 Å². The van der Waals surface area contributed by atoms with Crippen molar-refractivity contribution in [1.82, 2.24) is 0 Å². The van der Waals surface area contributed by atoms with Gasteiger partial charge in [0.1, 0.15) is 0 Å². The van der Waals surface area contributed by atoms with Gasteiger partial charge in [0.25, 0.3) is 0 Å². The van der Waals surface area contributed by atoms with Gasteiger partial charge in [-0.15, -0.1) is 0 Å². The molecule has 0 saturated heterocycles. The zero-order valence-corrected chi connectivity index (χ0v) is 11.4. The number of rotatable bonds is 0. The summed E-state index contributed by atoms with van der Waals surface area (Å²) < 4.78 is 0. The van der Waals surface area contributed by atoms with Crippen LogP contribution in [0, 0.1) is 22.2 Å². The summed E-state index contributed by atoms with van der Waals surface area (Å²) in [5, 5.41) is 0. The Morgan fingerprint density at radius 2 is 1.50 bits per heavy atom. The van der Waals surface area contributed by atoms with Crippen LogP contribution in [-0.2, 0) is 0 Å². The molecule has 2 N–H and O–H groups in total. The molecule has 0 aromatic heterocycles. The smallest absolute Gasteiger partial charge is 0.0190 e. The second kappa shape index (κ2) is 2.68. The maximum Gasteiger partial charge on any atom is 0.0190 e. The van der Waals surface area contributed by atoms with E-state index >= 15 is 0 Å². The first-order chi connectivity index (χ1) is 7.21. The summed E-state index contributed by atoms with van der Waals surface area (Å²) in [6.07, 6.45) is 8.29. The van der Waals surface area contributed by atoms with Gasteiger partial charge in [-0.3, -0.25) is 0 Å². The molecule has 3 fully saturated rings. The first-order valence-corrected chi connectivity index (χ1v) is 6.99. The van der Waals surface area contributed by atoms with Gasteiger partial charge in [-0.25, -0.2) is 0 Å². The zero-order valence-electron chi connectivity index (χ0n) is 11.4. The maximum atomic E-state index is 6.74. The minimum Gasteiger partial charge on any atom is -0.325 e. The van der Waals surface area contributed by atoms with Gasteiger partial charge in [0.05, 0.1) is 0 Å². The largest absolute Gasteiger partial charge is 0.325 e. The zero-order chi connectivity index (χ0) is 11.8. The molecule has 0 radical (unpaired) electrons. The van der Waals surface area contributed by atoms with E-state index in [0.717, 1.165) is 5.92 Å². The normalized spacial score (nSPS) is 64.7. The lowest BCUT2D eigenvalue weighted by Crippen LogP contribution is -2.51. The van der Waals surface area contributed by atoms with E-state index in [1.54, 1.807) is 0 Å². The topological polar surface area (TPSA) is 26.0 Å². The Kier molecular flexibility index (Phi) is 1.86. The summed E-state index contributed by atoms with van der Waals surface area (Å²) in [5.41, 5.74) is 8.41. The molecule has 4 unspecified atom stereocenters. The highest BCUT2D eigenvalue weighted by Gasteiger charge is 2.66. The van der Waals surface area contributed by atoms with Gasteiger partial charge in [0.2, 0.25) is 0 Å². The Bertz CT molecular complexity index is 330. The van der Waals surface area contributed by atoms with Crippen molar-refractivity contribution in [2.45, 2.75) is 71.8 Å². The fraction of sp³-hybridized carbons (Fsp3) is 1.00. The third-order valence-electron chi connectivity index (χ3n) is 6.49. The minimum absolute atomic E-state index is 0.0827. The quantitative estimate of drug-likeness (QED) is 0.663. The first kappa shape index (κ1) is 11.1. The molecule has 3 aliphatic rings. The number of hydrogen-bond acceptors (Lipinski definition) is 1. The van der Waals surface area contributed by atoms with E-state index in [2.05, 4.69) is 27.7 Å². The van der Waals surface area contributed by atoms with Gasteiger partial charge in [-0.1, -0.05) is 20.8 Å². The van der Waals surface area contributed by atoms with Crippen molar-refractivity contribution >= 4 is 0 Å². The van der Waals surface area contributed by atoms with Crippen molar-refractivity contribution in [3.63, 3.8) is 0 Å². The van der Waals surface area contributed by atoms with Crippen LogP contribution in [0.1, 0.15) is 66.2 Å². The van der Waals surface area contributed by atoms with Gasteiger partial charge < -0.3 is 5.73 Å². The Labute approximate surface area is 100 Å². The van der Waals surface area contributed by atoms with E-state index in [1.165, 1.54) is 38.5 Å². The highest BCUT2D eigenvalue weighted by atomic mass is 14.9. The molecule has 0 aromatic rings. The maximum absolute atomic E-state index is 6.74. The van der Waals surface area contributed by atoms with Crippen molar-refractivity contribution in [3.05, 3.63) is 0 Å². The van der Waals surface area contributed by atoms with E-state index < -0.39 is 0 Å². The van der Waals surface area contributed by atoms with E-state index in [9.17, 15) is 0 Å². The molecule has 1 nitrogen and oxygen atoms in total. The highest BCUT2D eigenvalue weighted by molar-refractivity contribution is 5.19. The second-order valence-corrected chi connectivity index (χ2v) is 8.33. The molecule has 3 aliphatic carbocycles. The minimum atomic E-state index is 0.0827. The van der Waals surface area contributed by atoms with E-state index in [1.807, 2.05) is 0 Å². The molecule has 92 valence electrons. The standard InChI is InChI=1S/C15H27N/c1-11-7-12(2)5-6-13(3)8-14(4,16)15(11,9-12)10-13/h11H,5-10,16H2,1-4H3/t11-,12?,13?,14?,15?/m1/s1. The third-order valence-corrected chi connectivity index (χ3v) is 6.49. The van der Waals surface area contributed by atoms with E-state index in [-0.39, 0.29) is 5.54 Å². The van der Waals surface area contributed by atoms with Crippen molar-refractivity contribution < 1.29 is 0 Å². The fourth-order valence-corrected chi connectivity index (χ4v) is 6.00. The van der Waals surface area contributed by atoms with Crippen molar-refractivity contribution in [2.75, 3.05) is 0 Å². The molecule has 0 heterocycles. The molecule has 0 aliphatic heterocycles. The van der Waals surface area contributed by atoms with Crippen LogP contribution in [-0.4, -0.2) is 5.54 Å². The van der Waals surface area contributed by atoms with Crippen LogP contribution in [0.5, 0.6) is 0 Å². The Morgan fingerprint density at radius 1 is 0.938 bits per heavy atom. The monoisotopic (exact) mass is 221 g/mol. The SMILES string of the molecule is C[C@@H]1CC2(C)CCC3(C)CC(C)(N)C1(C2)C3. The molecular weight excluding hydrogens is 194 g/mol. The molecule has 16 heavy (non-hydrogen) atoms. The summed E-state index contributed by atoms with van der Waals surface area (Å²) in [7, 11) is 0. The van der Waals surface area contributed by atoms with Crippen LogP contribution in [0.4, 0.5) is 0 Å². The summed E-state index contributed by atoms with van der Waals surface area (Å²) >= 11 is 0. The second-order valence-electron chi connectivity index (χ2n) is 8.33. The lowest BCUT2D eigenvalue weighted by molar-refractivity contribution is 0.115. The summed E-state index contributed by atoms with van der Waals surface area (Å²) in [6.45, 7) is 9.81. The lowest BCUT2D eigenvalue weighted by atomic mass is 9.66. The lowest BCUT2D eigenvalue weighted by Gasteiger charge is -2.42. The molecule has 3 bridgehead atoms. The van der Waals surface area contributed by atoms with E-state index in [4.69, 9.17) is 5.73 Å². The van der Waals surface area contributed by atoms with Crippen LogP contribution in [0.3, 0.4) is 0 Å². The van der Waals surface area contributed by atoms with Crippen molar-refractivity contribution in [1.29, 1.82) is 0 Å². The number of fused-ring (bicyclic) bond motifs is 2. The average Bonchev–Trinajstić information content (AvgIpc) is 2.41. The Morgan fingerprint density at radius 3 is 2.19 bits per heavy atom. The third kappa shape index (κ3) is 1.16. The van der Waals surface area contributed by atoms with E-state index in [0.29, 0.717) is 16.2 Å². The predicted octanol–water partition coefficient (Wildman–Crippen LogP) is 3.72. The summed E-state index contributed by atoms with van der Waals surface area (Å²) in [5.74, 6) is 0.828. The van der Waals surface area contributed by atoms with Crippen LogP contribution < -0.4 is 5.73 Å². The number of nitrogens with two attached hydrogens (primary N) is 1. The molecule has 5 atom stereocenters. The van der Waals surface area contributed by atoms with Gasteiger partial charge in [-0.05, 0) is 67.6 Å². The van der Waals surface area contributed by atoms with Crippen molar-refractivity contribution in [2.24, 2.45) is 27.9 Å². The van der Waals surface area contributed by atoms with Crippen molar-refractivity contribution in [3.8, 4) is 0 Å². The molecule has 1 heteroatoms. The Hall–Kier alpha value is -0.0400. The highest BCUT2D eigenvalue weighted by Crippen LogP contribution is 2.72. The van der Waals surface area contributed by atoms with Crippen LogP contribution in [0.25, 0.3) is 0 Å². The predicted molar refractivity (Wildman–Crippen MR) is 68.1 cm³/mol. The van der Waals surface area contributed by atoms with Gasteiger partial charge in [-0.2, -0.15) is 0 Å². The number of hydrogen-bond donors (Lipinski definition) is 1. The van der Waals surface area contributed by atoms with Crippen LogP contribution in [0.2, 0.25) is 0 Å². The molecule has 0 aromatic carbocycles. The molecule has 3 rings (SSSR count). The van der Waals surface area contributed by atoms with Crippen LogP contribution in [0.15, 0.2) is 0 Å². The molecule has 3 saturated carbocycles. The van der Waals surface area contributed by atoms with Gasteiger partial charge in [0.15, 0.2) is 0 Å². The molecule has 1 spiro atoms. The van der Waals surface area contributed by atoms with Gasteiger partial charge in [0, 0.05) is 5.54 Å². The molecular formula is C15H27N. The fourth-order valence-electron chi connectivity index (χ4n) is 6.00. The Balaban J connectivity index is 2.11. The summed E-state index contributed by atoms with van der Waals surface area (Å²) in [4.78, 5) is 0. The molecule has 0 amide bonds. The summed E-state index contributed by atoms with van der Waals surface area (Å²) in [6, 6.07) is 0. The average molecular weight is 221 g/mol. The first-order valence-electron chi connectivity index (χ1n) is 6.99. The van der Waals surface area contributed by atoms with Gasteiger partial charge >= 0.3 is 0 Å².